The Hall–Kier alpha value is -1.31. The normalized spacial score (nSPS) is 11.8. The summed E-state index contributed by atoms with van der Waals surface area (Å²) in [5, 5.41) is 0.890. The van der Waals surface area contributed by atoms with Crippen LogP contribution in [0, 0.1) is 19.7 Å². The number of hydrogen-bond donors (Lipinski definition) is 1. The monoisotopic (exact) mass is 314 g/mol. The average molecular weight is 314 g/mol. The zero-order valence-electron chi connectivity index (χ0n) is 11.2. The fourth-order valence-corrected chi connectivity index (χ4v) is 3.84. The van der Waals surface area contributed by atoms with Crippen molar-refractivity contribution < 1.29 is 12.8 Å². The predicted molar refractivity (Wildman–Crippen MR) is 76.9 cm³/mol. The molecule has 108 valence electrons. The summed E-state index contributed by atoms with van der Waals surface area (Å²) >= 11 is 1.54. The Labute approximate surface area is 121 Å². The van der Waals surface area contributed by atoms with E-state index in [0.29, 0.717) is 12.0 Å². The van der Waals surface area contributed by atoms with Gasteiger partial charge in [0.25, 0.3) is 0 Å². The summed E-state index contributed by atoms with van der Waals surface area (Å²) in [4.78, 5) is 5.37. The largest absolute Gasteiger partial charge is 0.249 e. The number of benzene rings is 1. The molecule has 0 atom stereocenters. The number of halogens is 1. The van der Waals surface area contributed by atoms with Gasteiger partial charge in [0.15, 0.2) is 0 Å². The first-order chi connectivity index (χ1) is 9.38. The fourth-order valence-electron chi connectivity index (χ4n) is 1.80. The zero-order valence-corrected chi connectivity index (χ0v) is 12.8. The molecule has 20 heavy (non-hydrogen) atoms. The highest BCUT2D eigenvalue weighted by Gasteiger charge is 2.16. The fraction of sp³-hybridized carbons (Fsp3) is 0.308. The van der Waals surface area contributed by atoms with Crippen molar-refractivity contribution in [3.05, 3.63) is 45.7 Å². The maximum Gasteiger partial charge on any atom is 0.240 e. The molecule has 0 bridgehead atoms. The van der Waals surface area contributed by atoms with Crippen LogP contribution in [0.5, 0.6) is 0 Å². The van der Waals surface area contributed by atoms with Gasteiger partial charge in [-0.25, -0.2) is 22.5 Å². The number of aromatic nitrogens is 1. The van der Waals surface area contributed by atoms with E-state index in [1.165, 1.54) is 12.1 Å². The second-order valence-corrected chi connectivity index (χ2v) is 7.48. The topological polar surface area (TPSA) is 59.1 Å². The minimum atomic E-state index is -3.61. The Morgan fingerprint density at radius 3 is 2.70 bits per heavy atom. The molecule has 2 aromatic rings. The minimum Gasteiger partial charge on any atom is -0.249 e. The first-order valence-corrected chi connectivity index (χ1v) is 8.35. The van der Waals surface area contributed by atoms with E-state index in [1.54, 1.807) is 24.5 Å². The number of thiazole rings is 1. The summed E-state index contributed by atoms with van der Waals surface area (Å²) in [6.07, 6.45) is 2.30. The van der Waals surface area contributed by atoms with Gasteiger partial charge in [0, 0.05) is 24.0 Å². The molecule has 0 aliphatic rings. The van der Waals surface area contributed by atoms with Crippen molar-refractivity contribution in [1.82, 2.24) is 9.71 Å². The molecule has 1 aromatic carbocycles. The SMILES string of the molecule is Cc1cnc(CCNS(=O)(=O)c2ccc(F)cc2C)s1. The highest BCUT2D eigenvalue weighted by molar-refractivity contribution is 7.89. The molecule has 1 N–H and O–H groups in total. The number of nitrogens with zero attached hydrogens (tertiary/aromatic N) is 1. The molecular formula is C13H15FN2O2S2. The van der Waals surface area contributed by atoms with Crippen LogP contribution in [0.1, 0.15) is 15.4 Å². The average Bonchev–Trinajstić information content (AvgIpc) is 2.74. The first-order valence-electron chi connectivity index (χ1n) is 6.05. The van der Waals surface area contributed by atoms with E-state index in [9.17, 15) is 12.8 Å². The summed E-state index contributed by atoms with van der Waals surface area (Å²) in [5.41, 5.74) is 0.391. The lowest BCUT2D eigenvalue weighted by molar-refractivity contribution is 0.579. The number of sulfonamides is 1. The van der Waals surface area contributed by atoms with Crippen molar-refractivity contribution in [2.75, 3.05) is 6.54 Å². The van der Waals surface area contributed by atoms with Crippen LogP contribution in [-0.4, -0.2) is 19.9 Å². The van der Waals surface area contributed by atoms with Crippen LogP contribution in [0.2, 0.25) is 0 Å². The molecular weight excluding hydrogens is 299 g/mol. The second kappa shape index (κ2) is 5.99. The van der Waals surface area contributed by atoms with Gasteiger partial charge in [0.1, 0.15) is 5.82 Å². The molecule has 0 unspecified atom stereocenters. The standard InChI is InChI=1S/C13H15FN2O2S2/c1-9-7-11(14)3-4-12(9)20(17,18)16-6-5-13-15-8-10(2)19-13/h3-4,7-8,16H,5-6H2,1-2H3. The third-order valence-electron chi connectivity index (χ3n) is 2.73. The van der Waals surface area contributed by atoms with Gasteiger partial charge >= 0.3 is 0 Å². The molecule has 1 heterocycles. The van der Waals surface area contributed by atoms with Crippen LogP contribution >= 0.6 is 11.3 Å². The predicted octanol–water partition coefficient (Wildman–Crippen LogP) is 2.42. The summed E-state index contributed by atoms with van der Waals surface area (Å²) in [6.45, 7) is 3.79. The number of nitrogens with one attached hydrogen (secondary N) is 1. The Morgan fingerprint density at radius 2 is 2.10 bits per heavy atom. The summed E-state index contributed by atoms with van der Waals surface area (Å²) < 4.78 is 39.7. The molecule has 4 nitrogen and oxygen atoms in total. The van der Waals surface area contributed by atoms with Crippen molar-refractivity contribution in [3.63, 3.8) is 0 Å². The van der Waals surface area contributed by atoms with E-state index in [4.69, 9.17) is 0 Å². The van der Waals surface area contributed by atoms with Crippen LogP contribution < -0.4 is 4.72 Å². The zero-order chi connectivity index (χ0) is 14.8. The molecule has 0 amide bonds. The van der Waals surface area contributed by atoms with Crippen molar-refractivity contribution in [3.8, 4) is 0 Å². The molecule has 7 heteroatoms. The van der Waals surface area contributed by atoms with E-state index < -0.39 is 15.8 Å². The molecule has 0 spiro atoms. The van der Waals surface area contributed by atoms with Crippen LogP contribution in [-0.2, 0) is 16.4 Å². The maximum absolute atomic E-state index is 13.0. The number of aryl methyl sites for hydroxylation is 2. The van der Waals surface area contributed by atoms with Gasteiger partial charge in [-0.1, -0.05) is 0 Å². The highest BCUT2D eigenvalue weighted by Crippen LogP contribution is 2.16. The minimum absolute atomic E-state index is 0.106. The van der Waals surface area contributed by atoms with E-state index in [-0.39, 0.29) is 11.4 Å². The van der Waals surface area contributed by atoms with Gasteiger partial charge in [-0.15, -0.1) is 11.3 Å². The lowest BCUT2D eigenvalue weighted by atomic mass is 10.2. The van der Waals surface area contributed by atoms with Gasteiger partial charge in [-0.2, -0.15) is 0 Å². The lowest BCUT2D eigenvalue weighted by Gasteiger charge is -2.08. The molecule has 2 rings (SSSR count). The van der Waals surface area contributed by atoms with E-state index >= 15 is 0 Å². The summed E-state index contributed by atoms with van der Waals surface area (Å²) in [7, 11) is -3.61. The third-order valence-corrected chi connectivity index (χ3v) is 5.32. The van der Waals surface area contributed by atoms with Crippen LogP contribution in [0.15, 0.2) is 29.3 Å². The van der Waals surface area contributed by atoms with Crippen LogP contribution in [0.3, 0.4) is 0 Å². The maximum atomic E-state index is 13.0. The second-order valence-electron chi connectivity index (χ2n) is 4.42. The third kappa shape index (κ3) is 3.62. The quantitative estimate of drug-likeness (QED) is 0.922. The number of rotatable bonds is 5. The molecule has 1 aromatic heterocycles. The Morgan fingerprint density at radius 1 is 1.35 bits per heavy atom. The van der Waals surface area contributed by atoms with Crippen LogP contribution in [0.4, 0.5) is 4.39 Å². The van der Waals surface area contributed by atoms with E-state index in [2.05, 4.69) is 9.71 Å². The van der Waals surface area contributed by atoms with Crippen molar-refractivity contribution in [1.29, 1.82) is 0 Å². The van der Waals surface area contributed by atoms with Gasteiger partial charge in [0.2, 0.25) is 10.0 Å². The summed E-state index contributed by atoms with van der Waals surface area (Å²) in [6, 6.07) is 3.63. The van der Waals surface area contributed by atoms with E-state index in [1.807, 2.05) is 6.92 Å². The highest BCUT2D eigenvalue weighted by atomic mass is 32.2. The Balaban J connectivity index is 2.04. The van der Waals surface area contributed by atoms with Crippen molar-refractivity contribution >= 4 is 21.4 Å². The smallest absolute Gasteiger partial charge is 0.240 e. The van der Waals surface area contributed by atoms with E-state index in [0.717, 1.165) is 16.0 Å². The molecule has 0 saturated heterocycles. The van der Waals surface area contributed by atoms with Gasteiger partial charge in [-0.3, -0.25) is 0 Å². The van der Waals surface area contributed by atoms with Gasteiger partial charge in [-0.05, 0) is 37.6 Å². The molecule has 0 saturated carbocycles. The number of hydrogen-bond acceptors (Lipinski definition) is 4. The van der Waals surface area contributed by atoms with Crippen LogP contribution in [0.25, 0.3) is 0 Å². The van der Waals surface area contributed by atoms with Gasteiger partial charge in [0.05, 0.1) is 9.90 Å². The Kier molecular flexibility index (Phi) is 4.52. The Bertz CT molecular complexity index is 711. The molecule has 0 aliphatic heterocycles. The summed E-state index contributed by atoms with van der Waals surface area (Å²) in [5.74, 6) is -0.445. The lowest BCUT2D eigenvalue weighted by Crippen LogP contribution is -2.26. The molecule has 0 radical (unpaired) electrons. The van der Waals surface area contributed by atoms with Crippen molar-refractivity contribution in [2.45, 2.75) is 25.2 Å². The van der Waals surface area contributed by atoms with Gasteiger partial charge < -0.3 is 0 Å². The molecule has 0 aliphatic carbocycles. The van der Waals surface area contributed by atoms with Crippen molar-refractivity contribution in [2.24, 2.45) is 0 Å². The first kappa shape index (κ1) is 15.1. The molecule has 0 fully saturated rings.